The Bertz CT molecular complexity index is 1170. The minimum absolute atomic E-state index is 0.0322. The van der Waals surface area contributed by atoms with Crippen LogP contribution in [0.2, 0.25) is 0 Å². The van der Waals surface area contributed by atoms with Crippen LogP contribution >= 0.6 is 0 Å². The summed E-state index contributed by atoms with van der Waals surface area (Å²) in [6.07, 6.45) is 2.78. The summed E-state index contributed by atoms with van der Waals surface area (Å²) in [5.41, 5.74) is 3.94. The van der Waals surface area contributed by atoms with E-state index in [1.807, 2.05) is 36.4 Å². The zero-order chi connectivity index (χ0) is 22.5. The summed E-state index contributed by atoms with van der Waals surface area (Å²) in [4.78, 5) is 23.3. The number of rotatable bonds is 6. The number of aromatic nitrogens is 2. The molecule has 32 heavy (non-hydrogen) atoms. The predicted molar refractivity (Wildman–Crippen MR) is 119 cm³/mol. The van der Waals surface area contributed by atoms with Crippen LogP contribution < -0.4 is 4.74 Å². The molecule has 1 atom stereocenters. The largest absolute Gasteiger partial charge is 0.495 e. The van der Waals surface area contributed by atoms with E-state index < -0.39 is 6.10 Å². The van der Waals surface area contributed by atoms with Crippen LogP contribution in [0.4, 0.5) is 0 Å². The van der Waals surface area contributed by atoms with Gasteiger partial charge in [0.2, 0.25) is 5.91 Å². The molecule has 1 amide bonds. The highest BCUT2D eigenvalue weighted by Crippen LogP contribution is 2.25. The van der Waals surface area contributed by atoms with Crippen molar-refractivity contribution in [2.24, 2.45) is 0 Å². The first-order chi connectivity index (χ1) is 15.6. The summed E-state index contributed by atoms with van der Waals surface area (Å²) < 4.78 is 5.21. The Morgan fingerprint density at radius 2 is 2.09 bits per heavy atom. The van der Waals surface area contributed by atoms with E-state index >= 15 is 0 Å². The average molecular weight is 428 g/mol. The van der Waals surface area contributed by atoms with Crippen molar-refractivity contribution < 1.29 is 14.6 Å². The minimum atomic E-state index is -0.412. The average Bonchev–Trinajstić information content (AvgIpc) is 3.25. The third-order valence-electron chi connectivity index (χ3n) is 5.55. The van der Waals surface area contributed by atoms with Crippen molar-refractivity contribution in [1.82, 2.24) is 14.9 Å². The van der Waals surface area contributed by atoms with Crippen LogP contribution in [0.25, 0.3) is 11.3 Å². The van der Waals surface area contributed by atoms with Gasteiger partial charge in [-0.25, -0.2) is 9.97 Å². The van der Waals surface area contributed by atoms with Crippen LogP contribution in [0.5, 0.6) is 5.75 Å². The monoisotopic (exact) mass is 428 g/mol. The van der Waals surface area contributed by atoms with Gasteiger partial charge in [-0.05, 0) is 41.8 Å². The van der Waals surface area contributed by atoms with E-state index in [9.17, 15) is 15.2 Å². The van der Waals surface area contributed by atoms with Gasteiger partial charge >= 0.3 is 0 Å². The number of hydrogen-bond acceptors (Lipinski definition) is 6. The van der Waals surface area contributed by atoms with Gasteiger partial charge < -0.3 is 14.7 Å². The second-order valence-electron chi connectivity index (χ2n) is 7.84. The summed E-state index contributed by atoms with van der Waals surface area (Å²) in [6, 6.07) is 17.2. The summed E-state index contributed by atoms with van der Waals surface area (Å²) in [7, 11) is 1.54. The number of nitrogens with zero attached hydrogens (tertiary/aromatic N) is 4. The summed E-state index contributed by atoms with van der Waals surface area (Å²) in [5, 5.41) is 19.0. The standard InChI is InChI=1S/C25H24N4O3/c1-32-23-6-5-19(14-20(23)15-26)22-7-9-27-24(28-22)12-17-3-2-4-18(11-17)13-25(31)29-10-8-21(30)16-29/h2-7,9,11,14,21,30H,8,10,12-13,16H2,1H3. The molecule has 162 valence electrons. The van der Waals surface area contributed by atoms with Crippen LogP contribution in [-0.4, -0.2) is 52.2 Å². The zero-order valence-electron chi connectivity index (χ0n) is 17.9. The normalized spacial score (nSPS) is 15.4. The van der Waals surface area contributed by atoms with E-state index in [0.717, 1.165) is 22.4 Å². The zero-order valence-corrected chi connectivity index (χ0v) is 17.9. The fraction of sp³-hybridized carbons (Fsp3) is 0.280. The SMILES string of the molecule is COc1ccc(-c2ccnc(Cc3cccc(CC(=O)N4CCC(O)C4)c3)n2)cc1C#N. The number of carbonyl (C=O) groups is 1. The second kappa shape index (κ2) is 9.58. The Morgan fingerprint density at radius 1 is 1.25 bits per heavy atom. The van der Waals surface area contributed by atoms with E-state index in [4.69, 9.17) is 4.74 Å². The third-order valence-corrected chi connectivity index (χ3v) is 5.55. The van der Waals surface area contributed by atoms with Gasteiger partial charge in [0.05, 0.1) is 30.9 Å². The maximum Gasteiger partial charge on any atom is 0.227 e. The molecule has 1 aliphatic heterocycles. The lowest BCUT2D eigenvalue weighted by Crippen LogP contribution is -2.30. The Hall–Kier alpha value is -3.76. The van der Waals surface area contributed by atoms with Crippen molar-refractivity contribution in [1.29, 1.82) is 5.26 Å². The third kappa shape index (κ3) is 4.93. The fourth-order valence-electron chi connectivity index (χ4n) is 3.89. The predicted octanol–water partition coefficient (Wildman–Crippen LogP) is 2.75. The highest BCUT2D eigenvalue weighted by Gasteiger charge is 2.24. The molecular formula is C25H24N4O3. The minimum Gasteiger partial charge on any atom is -0.495 e. The Kier molecular flexibility index (Phi) is 6.43. The molecule has 2 heterocycles. The van der Waals surface area contributed by atoms with Gasteiger partial charge in [-0.1, -0.05) is 24.3 Å². The van der Waals surface area contributed by atoms with Crippen LogP contribution in [0.3, 0.4) is 0 Å². The molecule has 0 aliphatic carbocycles. The van der Waals surface area contributed by atoms with Crippen molar-refractivity contribution in [2.75, 3.05) is 20.2 Å². The number of aliphatic hydroxyl groups excluding tert-OH is 1. The quantitative estimate of drug-likeness (QED) is 0.648. The fourth-order valence-corrected chi connectivity index (χ4v) is 3.89. The van der Waals surface area contributed by atoms with Gasteiger partial charge in [-0.3, -0.25) is 4.79 Å². The van der Waals surface area contributed by atoms with Gasteiger partial charge in [-0.15, -0.1) is 0 Å². The molecule has 0 radical (unpaired) electrons. The van der Waals surface area contributed by atoms with Crippen molar-refractivity contribution in [3.63, 3.8) is 0 Å². The highest BCUT2D eigenvalue weighted by molar-refractivity contribution is 5.79. The summed E-state index contributed by atoms with van der Waals surface area (Å²) in [5.74, 6) is 1.22. The summed E-state index contributed by atoms with van der Waals surface area (Å²) in [6.45, 7) is 1.03. The van der Waals surface area contributed by atoms with Gasteiger partial charge in [0.15, 0.2) is 0 Å². The molecule has 0 spiro atoms. The number of hydrogen-bond donors (Lipinski definition) is 1. The molecule has 1 aliphatic rings. The molecule has 7 nitrogen and oxygen atoms in total. The van der Waals surface area contributed by atoms with Gasteiger partial charge in [0, 0.05) is 31.3 Å². The smallest absolute Gasteiger partial charge is 0.227 e. The number of likely N-dealkylation sites (tertiary alicyclic amines) is 1. The molecule has 1 N–H and O–H groups in total. The van der Waals surface area contributed by atoms with E-state index in [1.54, 1.807) is 23.2 Å². The molecule has 1 unspecified atom stereocenters. The van der Waals surface area contributed by atoms with E-state index in [2.05, 4.69) is 16.0 Å². The lowest BCUT2D eigenvalue weighted by molar-refractivity contribution is -0.129. The second-order valence-corrected chi connectivity index (χ2v) is 7.84. The van der Waals surface area contributed by atoms with Crippen LogP contribution in [-0.2, 0) is 17.6 Å². The van der Waals surface area contributed by atoms with Crippen LogP contribution in [0.15, 0.2) is 54.7 Å². The first-order valence-corrected chi connectivity index (χ1v) is 10.5. The van der Waals surface area contributed by atoms with Crippen molar-refractivity contribution in [2.45, 2.75) is 25.4 Å². The van der Waals surface area contributed by atoms with Crippen molar-refractivity contribution in [3.8, 4) is 23.1 Å². The Labute approximate surface area is 186 Å². The summed E-state index contributed by atoms with van der Waals surface area (Å²) >= 11 is 0. The van der Waals surface area contributed by atoms with Crippen molar-refractivity contribution in [3.05, 3.63) is 77.2 Å². The van der Waals surface area contributed by atoms with Crippen LogP contribution in [0.1, 0.15) is 28.9 Å². The molecule has 0 bridgehead atoms. The topological polar surface area (TPSA) is 99.3 Å². The number of benzene rings is 2. The number of β-amino-alcohol motifs (C(OH)–C–C–N with tert-alkyl or cyclic N) is 1. The highest BCUT2D eigenvalue weighted by atomic mass is 16.5. The van der Waals surface area contributed by atoms with E-state index in [0.29, 0.717) is 49.5 Å². The lowest BCUT2D eigenvalue weighted by atomic mass is 10.0. The number of aliphatic hydroxyl groups is 1. The maximum atomic E-state index is 12.5. The number of ether oxygens (including phenoxy) is 1. The van der Waals surface area contributed by atoms with Crippen LogP contribution in [0, 0.1) is 11.3 Å². The molecular weight excluding hydrogens is 404 g/mol. The number of amides is 1. The van der Waals surface area contributed by atoms with Gasteiger partial charge in [-0.2, -0.15) is 5.26 Å². The Balaban J connectivity index is 1.49. The number of nitriles is 1. The lowest BCUT2D eigenvalue weighted by Gasteiger charge is -2.15. The maximum absolute atomic E-state index is 12.5. The van der Waals surface area contributed by atoms with E-state index in [-0.39, 0.29) is 5.91 Å². The number of methoxy groups -OCH3 is 1. The van der Waals surface area contributed by atoms with E-state index in [1.165, 1.54) is 7.11 Å². The molecule has 1 fully saturated rings. The molecule has 1 aromatic heterocycles. The number of carbonyl (C=O) groups excluding carboxylic acids is 1. The molecule has 1 saturated heterocycles. The van der Waals surface area contributed by atoms with Gasteiger partial charge in [0.25, 0.3) is 0 Å². The molecule has 3 aromatic rings. The van der Waals surface area contributed by atoms with Gasteiger partial charge in [0.1, 0.15) is 17.6 Å². The van der Waals surface area contributed by atoms with Crippen molar-refractivity contribution >= 4 is 5.91 Å². The molecule has 4 rings (SSSR count). The molecule has 2 aromatic carbocycles. The first kappa shape index (κ1) is 21.5. The Morgan fingerprint density at radius 3 is 2.84 bits per heavy atom. The first-order valence-electron chi connectivity index (χ1n) is 10.5. The molecule has 7 heteroatoms. The molecule has 0 saturated carbocycles.